The molecule has 8 N–H and O–H groups in total. The number of aromatic amines is 2. The summed E-state index contributed by atoms with van der Waals surface area (Å²) in [5.74, 6) is -0.303. The smallest absolute Gasteiger partial charge is 0.241 e. The molecule has 2 heterocycles. The molecule has 2 atom stereocenters. The molecule has 34 heavy (non-hydrogen) atoms. The van der Waals surface area contributed by atoms with Crippen LogP contribution in [0.1, 0.15) is 69.2 Å². The lowest BCUT2D eigenvalue weighted by Crippen LogP contribution is -2.42. The van der Waals surface area contributed by atoms with Crippen molar-refractivity contribution in [2.24, 2.45) is 11.5 Å². The van der Waals surface area contributed by atoms with Crippen molar-refractivity contribution < 1.29 is 9.59 Å². The molecule has 2 amide bonds. The number of unbranched alkanes of at least 4 members (excludes halogenated alkanes) is 8. The second kappa shape index (κ2) is 16.6. The topological polar surface area (TPSA) is 168 Å². The van der Waals surface area contributed by atoms with E-state index in [-0.39, 0.29) is 11.8 Å². The maximum Gasteiger partial charge on any atom is 0.241 e. The van der Waals surface area contributed by atoms with Gasteiger partial charge < -0.3 is 32.1 Å². The Morgan fingerprint density at radius 2 is 1.35 bits per heavy atom. The predicted octanol–water partition coefficient (Wildman–Crippen LogP) is 1.83. The number of carbonyl (C=O) groups excluding carboxylic acids is 2. The third-order valence-corrected chi connectivity index (χ3v) is 5.60. The third-order valence-electron chi connectivity index (χ3n) is 5.60. The lowest BCUT2D eigenvalue weighted by Gasteiger charge is -2.11. The molecule has 0 aromatic carbocycles. The molecule has 0 aliphatic carbocycles. The van der Waals surface area contributed by atoms with Gasteiger partial charge in [0.15, 0.2) is 0 Å². The number of aromatic nitrogens is 4. The third kappa shape index (κ3) is 11.8. The molecule has 0 spiro atoms. The molecule has 2 aromatic heterocycles. The summed E-state index contributed by atoms with van der Waals surface area (Å²) < 4.78 is 0. The van der Waals surface area contributed by atoms with Gasteiger partial charge in [0, 0.05) is 43.2 Å². The van der Waals surface area contributed by atoms with Crippen molar-refractivity contribution in [3.8, 4) is 0 Å². The number of nitrogens with two attached hydrogens (primary N) is 2. The SMILES string of the molecule is N[C@@H](Cc1cnc[nH]1)C(=O)NC=CCCCCCCCCCCNC(=O)[C@@H](N)Cc1cnc[nH]1. The van der Waals surface area contributed by atoms with Gasteiger partial charge in [-0.2, -0.15) is 0 Å². The summed E-state index contributed by atoms with van der Waals surface area (Å²) in [5, 5.41) is 5.65. The van der Waals surface area contributed by atoms with Crippen LogP contribution >= 0.6 is 0 Å². The number of hydrogen-bond acceptors (Lipinski definition) is 6. The zero-order chi connectivity index (χ0) is 24.4. The van der Waals surface area contributed by atoms with Crippen LogP contribution in [-0.2, 0) is 22.4 Å². The van der Waals surface area contributed by atoms with Gasteiger partial charge in [0.1, 0.15) is 0 Å². The summed E-state index contributed by atoms with van der Waals surface area (Å²) >= 11 is 0. The van der Waals surface area contributed by atoms with E-state index in [0.29, 0.717) is 19.4 Å². The minimum Gasteiger partial charge on any atom is -0.355 e. The Labute approximate surface area is 201 Å². The first kappa shape index (κ1) is 27.3. The zero-order valence-corrected chi connectivity index (χ0v) is 20.0. The normalized spacial score (nSPS) is 13.1. The molecule has 0 saturated heterocycles. The second-order valence-corrected chi connectivity index (χ2v) is 8.59. The van der Waals surface area contributed by atoms with Crippen molar-refractivity contribution in [1.29, 1.82) is 0 Å². The standard InChI is InChI=1S/C24H40N8O2/c25-21(13-19-15-27-17-31-19)23(33)29-11-9-7-5-3-1-2-4-6-8-10-12-30-24(34)22(26)14-20-16-28-18-32-20/h9,11,15-18,21-22H,1-8,10,12-14,25-26H2,(H,27,31)(H,28,32)(H,29,33)(H,30,34)/t21-,22-/m0/s1. The van der Waals surface area contributed by atoms with E-state index in [2.05, 4.69) is 30.6 Å². The fourth-order valence-corrected chi connectivity index (χ4v) is 3.57. The fourth-order valence-electron chi connectivity index (χ4n) is 3.57. The van der Waals surface area contributed by atoms with E-state index in [0.717, 1.165) is 37.1 Å². The average molecular weight is 473 g/mol. The van der Waals surface area contributed by atoms with Gasteiger partial charge in [-0.3, -0.25) is 9.59 Å². The highest BCUT2D eigenvalue weighted by Crippen LogP contribution is 2.10. The van der Waals surface area contributed by atoms with Crippen LogP contribution in [0.4, 0.5) is 0 Å². The average Bonchev–Trinajstić information content (AvgIpc) is 3.53. The molecule has 0 saturated carbocycles. The Morgan fingerprint density at radius 1 is 0.824 bits per heavy atom. The Hall–Kier alpha value is -2.98. The zero-order valence-electron chi connectivity index (χ0n) is 20.0. The first-order chi connectivity index (χ1) is 16.6. The van der Waals surface area contributed by atoms with Crippen LogP contribution in [0.5, 0.6) is 0 Å². The number of amides is 2. The van der Waals surface area contributed by atoms with Crippen molar-refractivity contribution in [3.63, 3.8) is 0 Å². The Kier molecular flexibility index (Phi) is 13.3. The number of carbonyl (C=O) groups is 2. The Morgan fingerprint density at radius 3 is 1.91 bits per heavy atom. The lowest BCUT2D eigenvalue weighted by atomic mass is 10.1. The first-order valence-corrected chi connectivity index (χ1v) is 12.2. The summed E-state index contributed by atoms with van der Waals surface area (Å²) in [6, 6.07) is -1.14. The molecule has 2 aromatic rings. The molecule has 0 aliphatic heterocycles. The summed E-state index contributed by atoms with van der Waals surface area (Å²) in [6.07, 6.45) is 21.3. The van der Waals surface area contributed by atoms with E-state index in [1.54, 1.807) is 31.2 Å². The monoisotopic (exact) mass is 472 g/mol. The lowest BCUT2D eigenvalue weighted by molar-refractivity contribution is -0.122. The molecular formula is C24H40N8O2. The minimum absolute atomic E-state index is 0.111. The maximum absolute atomic E-state index is 12.0. The molecule has 0 unspecified atom stereocenters. The van der Waals surface area contributed by atoms with Crippen LogP contribution in [0.25, 0.3) is 0 Å². The minimum atomic E-state index is -0.591. The van der Waals surface area contributed by atoms with Crippen LogP contribution in [0.3, 0.4) is 0 Å². The van der Waals surface area contributed by atoms with Gasteiger partial charge in [0.2, 0.25) is 11.8 Å². The van der Waals surface area contributed by atoms with Gasteiger partial charge in [0.25, 0.3) is 0 Å². The van der Waals surface area contributed by atoms with Gasteiger partial charge in [-0.25, -0.2) is 9.97 Å². The number of nitrogens with zero attached hydrogens (tertiary/aromatic N) is 2. The number of allylic oxidation sites excluding steroid dienone is 1. The highest BCUT2D eigenvalue weighted by atomic mass is 16.2. The van der Waals surface area contributed by atoms with E-state index in [1.807, 2.05) is 6.08 Å². The summed E-state index contributed by atoms with van der Waals surface area (Å²) in [7, 11) is 0. The van der Waals surface area contributed by atoms with Gasteiger partial charge in [-0.15, -0.1) is 0 Å². The van der Waals surface area contributed by atoms with E-state index < -0.39 is 12.1 Å². The van der Waals surface area contributed by atoms with Gasteiger partial charge in [0.05, 0.1) is 24.7 Å². The van der Waals surface area contributed by atoms with Crippen molar-refractivity contribution in [3.05, 3.63) is 48.7 Å². The van der Waals surface area contributed by atoms with Crippen LogP contribution in [0, 0.1) is 0 Å². The molecule has 0 bridgehead atoms. The molecule has 0 aliphatic rings. The van der Waals surface area contributed by atoms with E-state index in [4.69, 9.17) is 11.5 Å². The Bertz CT molecular complexity index is 820. The van der Waals surface area contributed by atoms with Gasteiger partial charge >= 0.3 is 0 Å². The highest BCUT2D eigenvalue weighted by molar-refractivity contribution is 5.82. The van der Waals surface area contributed by atoms with E-state index >= 15 is 0 Å². The van der Waals surface area contributed by atoms with Crippen LogP contribution < -0.4 is 22.1 Å². The molecule has 0 radical (unpaired) electrons. The number of nitrogens with one attached hydrogen (secondary N) is 4. The number of rotatable bonds is 18. The van der Waals surface area contributed by atoms with Crippen molar-refractivity contribution >= 4 is 11.8 Å². The molecule has 10 nitrogen and oxygen atoms in total. The largest absolute Gasteiger partial charge is 0.355 e. The quantitative estimate of drug-likeness (QED) is 0.181. The molecule has 2 rings (SSSR count). The predicted molar refractivity (Wildman–Crippen MR) is 132 cm³/mol. The maximum atomic E-state index is 12.0. The molecular weight excluding hydrogens is 432 g/mol. The summed E-state index contributed by atoms with van der Waals surface area (Å²) in [6.45, 7) is 0.673. The van der Waals surface area contributed by atoms with Crippen molar-refractivity contribution in [2.75, 3.05) is 6.54 Å². The fraction of sp³-hybridized carbons (Fsp3) is 0.583. The van der Waals surface area contributed by atoms with Crippen LogP contribution in [-0.4, -0.2) is 50.4 Å². The van der Waals surface area contributed by atoms with E-state index in [1.165, 1.54) is 32.1 Å². The number of imidazole rings is 2. The molecule has 188 valence electrons. The van der Waals surface area contributed by atoms with Crippen LogP contribution in [0.15, 0.2) is 37.3 Å². The first-order valence-electron chi connectivity index (χ1n) is 12.2. The molecule has 0 fully saturated rings. The summed E-state index contributed by atoms with van der Waals surface area (Å²) in [4.78, 5) is 37.7. The van der Waals surface area contributed by atoms with Gasteiger partial charge in [-0.1, -0.05) is 44.6 Å². The van der Waals surface area contributed by atoms with Crippen molar-refractivity contribution in [2.45, 2.75) is 82.7 Å². The summed E-state index contributed by atoms with van der Waals surface area (Å²) in [5.41, 5.74) is 13.5. The highest BCUT2D eigenvalue weighted by Gasteiger charge is 2.14. The number of hydrogen-bond donors (Lipinski definition) is 6. The van der Waals surface area contributed by atoms with Gasteiger partial charge in [-0.05, 0) is 25.5 Å². The molecule has 10 heteroatoms. The van der Waals surface area contributed by atoms with E-state index in [9.17, 15) is 9.59 Å². The Balaban J connectivity index is 1.34. The van der Waals surface area contributed by atoms with Crippen LogP contribution in [0.2, 0.25) is 0 Å². The number of H-pyrrole nitrogens is 2. The second-order valence-electron chi connectivity index (χ2n) is 8.59. The van der Waals surface area contributed by atoms with Crippen molar-refractivity contribution in [1.82, 2.24) is 30.6 Å².